The van der Waals surface area contributed by atoms with E-state index in [-0.39, 0.29) is 29.4 Å². The molecule has 0 bridgehead atoms. The first-order valence-electron chi connectivity index (χ1n) is 9.46. The van der Waals surface area contributed by atoms with Gasteiger partial charge in [0, 0.05) is 35.1 Å². The van der Waals surface area contributed by atoms with E-state index in [9.17, 15) is 9.59 Å². The topological polar surface area (TPSA) is 37.4 Å². The van der Waals surface area contributed by atoms with E-state index >= 15 is 0 Å². The number of anilines is 1. The molecule has 29 heavy (non-hydrogen) atoms. The summed E-state index contributed by atoms with van der Waals surface area (Å²) in [7, 11) is 0. The van der Waals surface area contributed by atoms with Crippen molar-refractivity contribution in [2.24, 2.45) is 5.41 Å². The van der Waals surface area contributed by atoms with Crippen molar-refractivity contribution in [1.82, 2.24) is 0 Å². The lowest BCUT2D eigenvalue weighted by atomic mass is 9.69. The Bertz CT molecular complexity index is 1040. The number of benzene rings is 2. The Hall–Kier alpha value is -1.81. The van der Waals surface area contributed by atoms with Crippen LogP contribution in [-0.2, 0) is 9.59 Å². The molecule has 4 rings (SSSR count). The van der Waals surface area contributed by atoms with E-state index in [1.165, 1.54) is 0 Å². The maximum Gasteiger partial charge on any atom is 0.232 e. The van der Waals surface area contributed by atoms with Crippen LogP contribution < -0.4 is 4.90 Å². The Labute approximate surface area is 185 Å². The molecular formula is C23H20Cl3NO2. The van der Waals surface area contributed by atoms with Gasteiger partial charge in [0.2, 0.25) is 5.91 Å². The van der Waals surface area contributed by atoms with Crippen LogP contribution in [0.4, 0.5) is 5.69 Å². The van der Waals surface area contributed by atoms with Crippen LogP contribution in [0.3, 0.4) is 0 Å². The molecule has 1 aliphatic heterocycles. The average Bonchev–Trinajstić information content (AvgIpc) is 2.63. The number of carbonyl (C=O) groups excluding carboxylic acids is 2. The van der Waals surface area contributed by atoms with E-state index in [0.717, 1.165) is 16.8 Å². The number of hydrogen-bond donors (Lipinski definition) is 0. The first-order valence-corrected chi connectivity index (χ1v) is 10.6. The third-order valence-corrected chi connectivity index (χ3v) is 6.57. The maximum atomic E-state index is 13.3. The van der Waals surface area contributed by atoms with Crippen LogP contribution in [0, 0.1) is 5.41 Å². The SMILES string of the molecule is CC1(C)CC(=O)C2=C(C1)N(c1ccc(Cl)c(Cl)c1)C(=O)CC2c1ccc(Cl)cc1. The number of allylic oxidation sites excluding steroid dienone is 2. The second kappa shape index (κ2) is 7.46. The Morgan fingerprint density at radius 3 is 2.28 bits per heavy atom. The van der Waals surface area contributed by atoms with Crippen molar-refractivity contribution in [3.05, 3.63) is 74.4 Å². The van der Waals surface area contributed by atoms with Gasteiger partial charge in [-0.15, -0.1) is 0 Å². The Morgan fingerprint density at radius 1 is 0.931 bits per heavy atom. The molecule has 0 radical (unpaired) electrons. The molecule has 2 aliphatic rings. The predicted octanol–water partition coefficient (Wildman–Crippen LogP) is 6.81. The van der Waals surface area contributed by atoms with Gasteiger partial charge in [-0.3, -0.25) is 14.5 Å². The first-order chi connectivity index (χ1) is 13.7. The van der Waals surface area contributed by atoms with E-state index in [4.69, 9.17) is 34.8 Å². The molecule has 1 amide bonds. The summed E-state index contributed by atoms with van der Waals surface area (Å²) in [6, 6.07) is 12.5. The van der Waals surface area contributed by atoms with Gasteiger partial charge in [0.25, 0.3) is 0 Å². The fourth-order valence-electron chi connectivity index (χ4n) is 4.32. The highest BCUT2D eigenvalue weighted by Crippen LogP contribution is 2.48. The molecule has 2 aromatic rings. The van der Waals surface area contributed by atoms with Gasteiger partial charge in [-0.05, 0) is 47.7 Å². The van der Waals surface area contributed by atoms with Crippen LogP contribution in [0.15, 0.2) is 53.7 Å². The minimum absolute atomic E-state index is 0.0624. The zero-order valence-electron chi connectivity index (χ0n) is 16.1. The van der Waals surface area contributed by atoms with Crippen molar-refractivity contribution < 1.29 is 9.59 Å². The Morgan fingerprint density at radius 2 is 1.62 bits per heavy atom. The van der Waals surface area contributed by atoms with Gasteiger partial charge in [0.1, 0.15) is 0 Å². The number of Topliss-reactive ketones (excluding diaryl/α,β-unsaturated/α-hetero) is 1. The molecule has 1 aliphatic carbocycles. The molecule has 1 unspecified atom stereocenters. The lowest BCUT2D eigenvalue weighted by Gasteiger charge is -2.43. The number of nitrogens with zero attached hydrogens (tertiary/aromatic N) is 1. The van der Waals surface area contributed by atoms with Crippen molar-refractivity contribution in [3.8, 4) is 0 Å². The smallest absolute Gasteiger partial charge is 0.232 e. The fourth-order valence-corrected chi connectivity index (χ4v) is 4.74. The quantitative estimate of drug-likeness (QED) is 0.506. The number of hydrogen-bond acceptors (Lipinski definition) is 2. The van der Waals surface area contributed by atoms with Crippen LogP contribution in [0.1, 0.15) is 44.6 Å². The van der Waals surface area contributed by atoms with Crippen molar-refractivity contribution in [2.75, 3.05) is 4.90 Å². The third-order valence-electron chi connectivity index (χ3n) is 5.58. The van der Waals surface area contributed by atoms with Gasteiger partial charge in [0.05, 0.1) is 15.7 Å². The molecule has 2 aromatic carbocycles. The molecule has 0 aromatic heterocycles. The summed E-state index contributed by atoms with van der Waals surface area (Å²) in [5, 5.41) is 1.42. The first kappa shape index (κ1) is 20.5. The van der Waals surface area contributed by atoms with E-state index < -0.39 is 0 Å². The zero-order valence-corrected chi connectivity index (χ0v) is 18.4. The summed E-state index contributed by atoms with van der Waals surface area (Å²) in [6.07, 6.45) is 1.30. The Balaban J connectivity index is 1.89. The highest BCUT2D eigenvalue weighted by atomic mass is 35.5. The summed E-state index contributed by atoms with van der Waals surface area (Å²) in [5.41, 5.74) is 2.82. The minimum atomic E-state index is -0.266. The van der Waals surface area contributed by atoms with Gasteiger partial charge in [0.15, 0.2) is 5.78 Å². The monoisotopic (exact) mass is 447 g/mol. The molecule has 1 heterocycles. The highest BCUT2D eigenvalue weighted by molar-refractivity contribution is 6.42. The van der Waals surface area contributed by atoms with E-state index in [1.807, 2.05) is 12.1 Å². The molecule has 3 nitrogen and oxygen atoms in total. The number of halogens is 3. The third kappa shape index (κ3) is 3.84. The van der Waals surface area contributed by atoms with Crippen LogP contribution in [0.25, 0.3) is 0 Å². The minimum Gasteiger partial charge on any atom is -0.294 e. The van der Waals surface area contributed by atoms with Crippen LogP contribution in [0.5, 0.6) is 0 Å². The second-order valence-electron chi connectivity index (χ2n) is 8.44. The van der Waals surface area contributed by atoms with Gasteiger partial charge in [-0.25, -0.2) is 0 Å². The maximum absolute atomic E-state index is 13.3. The standard InChI is InChI=1S/C23H20Cl3NO2/c1-23(2)11-19-22(20(28)12-23)16(13-3-5-14(24)6-4-13)10-21(29)27(19)15-7-8-17(25)18(26)9-15/h3-9,16H,10-12H2,1-2H3. The lowest BCUT2D eigenvalue weighted by Crippen LogP contribution is -2.43. The average molecular weight is 449 g/mol. The van der Waals surface area contributed by atoms with Crippen LogP contribution in [0.2, 0.25) is 15.1 Å². The summed E-state index contributed by atoms with van der Waals surface area (Å²) in [4.78, 5) is 28.2. The molecule has 0 fully saturated rings. The van der Waals surface area contributed by atoms with Crippen LogP contribution >= 0.6 is 34.8 Å². The van der Waals surface area contributed by atoms with E-state index in [2.05, 4.69) is 13.8 Å². The van der Waals surface area contributed by atoms with Crippen LogP contribution in [-0.4, -0.2) is 11.7 Å². The van der Waals surface area contributed by atoms with Crippen molar-refractivity contribution >= 4 is 52.2 Å². The number of rotatable bonds is 2. The number of carbonyl (C=O) groups is 2. The molecule has 1 atom stereocenters. The molecule has 0 spiro atoms. The van der Waals surface area contributed by atoms with Gasteiger partial charge < -0.3 is 0 Å². The predicted molar refractivity (Wildman–Crippen MR) is 118 cm³/mol. The van der Waals surface area contributed by atoms with E-state index in [0.29, 0.717) is 33.6 Å². The van der Waals surface area contributed by atoms with Crippen molar-refractivity contribution in [2.45, 2.75) is 39.0 Å². The summed E-state index contributed by atoms with van der Waals surface area (Å²) in [6.45, 7) is 4.11. The zero-order chi connectivity index (χ0) is 20.9. The molecule has 150 valence electrons. The number of ketones is 1. The van der Waals surface area contributed by atoms with Crippen molar-refractivity contribution in [3.63, 3.8) is 0 Å². The van der Waals surface area contributed by atoms with Crippen molar-refractivity contribution in [1.29, 1.82) is 0 Å². The summed E-state index contributed by atoms with van der Waals surface area (Å²) >= 11 is 18.3. The lowest BCUT2D eigenvalue weighted by molar-refractivity contribution is -0.121. The molecule has 6 heteroatoms. The van der Waals surface area contributed by atoms with Gasteiger partial charge >= 0.3 is 0 Å². The largest absolute Gasteiger partial charge is 0.294 e. The summed E-state index contributed by atoms with van der Waals surface area (Å²) in [5.74, 6) is -0.237. The Kier molecular flexibility index (Phi) is 5.27. The molecule has 0 saturated carbocycles. The molecular weight excluding hydrogens is 429 g/mol. The number of amides is 1. The summed E-state index contributed by atoms with van der Waals surface area (Å²) < 4.78 is 0. The molecule has 0 saturated heterocycles. The highest BCUT2D eigenvalue weighted by Gasteiger charge is 2.44. The molecule has 0 N–H and O–H groups in total. The fraction of sp³-hybridized carbons (Fsp3) is 0.304. The normalized spacial score (nSPS) is 21.4. The van der Waals surface area contributed by atoms with Gasteiger partial charge in [-0.2, -0.15) is 0 Å². The van der Waals surface area contributed by atoms with E-state index in [1.54, 1.807) is 35.2 Å². The second-order valence-corrected chi connectivity index (χ2v) is 9.69. The van der Waals surface area contributed by atoms with Gasteiger partial charge in [-0.1, -0.05) is 60.8 Å².